The van der Waals surface area contributed by atoms with Crippen LogP contribution in [0, 0.1) is 5.95 Å². The summed E-state index contributed by atoms with van der Waals surface area (Å²) in [6.45, 7) is 8.98. The lowest BCUT2D eigenvalue weighted by atomic mass is 9.87. The van der Waals surface area contributed by atoms with Crippen LogP contribution in [0.4, 0.5) is 4.39 Å². The summed E-state index contributed by atoms with van der Waals surface area (Å²) in [5, 5.41) is 10.3. The second-order valence-corrected chi connectivity index (χ2v) is 3.60. The van der Waals surface area contributed by atoms with Gasteiger partial charge >= 0.3 is 0 Å². The van der Waals surface area contributed by atoms with Gasteiger partial charge in [0.15, 0.2) is 0 Å². The SMILES string of the molecule is C=CCc1c(C(O)(C=C)CC)ccnc1F. The number of hydrogen-bond donors (Lipinski definition) is 1. The number of aliphatic hydroxyl groups is 1. The van der Waals surface area contributed by atoms with Crippen molar-refractivity contribution in [3.05, 3.63) is 54.6 Å². The molecule has 1 aromatic heterocycles. The molecule has 1 heterocycles. The van der Waals surface area contributed by atoms with Crippen molar-refractivity contribution in [2.24, 2.45) is 0 Å². The molecular formula is C13H16FNO. The van der Waals surface area contributed by atoms with E-state index in [1.165, 1.54) is 12.3 Å². The van der Waals surface area contributed by atoms with E-state index in [9.17, 15) is 9.50 Å². The molecule has 16 heavy (non-hydrogen) atoms. The Labute approximate surface area is 95.2 Å². The third-order valence-electron chi connectivity index (χ3n) is 2.69. The second-order valence-electron chi connectivity index (χ2n) is 3.60. The van der Waals surface area contributed by atoms with Gasteiger partial charge in [0.1, 0.15) is 5.60 Å². The van der Waals surface area contributed by atoms with Gasteiger partial charge in [-0.3, -0.25) is 0 Å². The van der Waals surface area contributed by atoms with E-state index in [1.807, 2.05) is 6.92 Å². The third-order valence-corrected chi connectivity index (χ3v) is 2.69. The molecule has 1 aromatic rings. The molecule has 0 fully saturated rings. The van der Waals surface area contributed by atoms with Crippen LogP contribution in [0.25, 0.3) is 0 Å². The highest BCUT2D eigenvalue weighted by molar-refractivity contribution is 5.34. The Morgan fingerprint density at radius 1 is 1.56 bits per heavy atom. The number of nitrogens with zero attached hydrogens (tertiary/aromatic N) is 1. The highest BCUT2D eigenvalue weighted by atomic mass is 19.1. The van der Waals surface area contributed by atoms with Crippen molar-refractivity contribution in [3.63, 3.8) is 0 Å². The van der Waals surface area contributed by atoms with E-state index in [0.717, 1.165) is 0 Å². The first-order valence-electron chi connectivity index (χ1n) is 5.19. The van der Waals surface area contributed by atoms with Crippen molar-refractivity contribution >= 4 is 0 Å². The summed E-state index contributed by atoms with van der Waals surface area (Å²) >= 11 is 0. The van der Waals surface area contributed by atoms with Crippen LogP contribution in [-0.4, -0.2) is 10.1 Å². The van der Waals surface area contributed by atoms with Crippen LogP contribution in [0.3, 0.4) is 0 Å². The summed E-state index contributed by atoms with van der Waals surface area (Å²) in [6.07, 6.45) is 5.13. The Morgan fingerprint density at radius 2 is 2.25 bits per heavy atom. The molecule has 2 nitrogen and oxygen atoms in total. The molecule has 0 saturated carbocycles. The molecule has 1 N–H and O–H groups in total. The zero-order chi connectivity index (χ0) is 12.2. The second kappa shape index (κ2) is 5.03. The summed E-state index contributed by atoms with van der Waals surface area (Å²) in [5.74, 6) is -0.564. The van der Waals surface area contributed by atoms with E-state index in [-0.39, 0.29) is 0 Å². The van der Waals surface area contributed by atoms with Gasteiger partial charge in [-0.2, -0.15) is 4.39 Å². The van der Waals surface area contributed by atoms with Crippen LogP contribution < -0.4 is 0 Å². The van der Waals surface area contributed by atoms with E-state index in [4.69, 9.17) is 0 Å². The molecule has 0 aliphatic heterocycles. The van der Waals surface area contributed by atoms with Gasteiger partial charge in [-0.05, 0) is 24.5 Å². The van der Waals surface area contributed by atoms with Crippen molar-refractivity contribution < 1.29 is 9.50 Å². The fraction of sp³-hybridized carbons (Fsp3) is 0.308. The minimum Gasteiger partial charge on any atom is -0.381 e. The first-order chi connectivity index (χ1) is 7.59. The Hall–Kier alpha value is -1.48. The van der Waals surface area contributed by atoms with Crippen LogP contribution in [0.5, 0.6) is 0 Å². The molecule has 86 valence electrons. The minimum atomic E-state index is -1.21. The lowest BCUT2D eigenvalue weighted by molar-refractivity contribution is 0.0841. The lowest BCUT2D eigenvalue weighted by Gasteiger charge is -2.25. The van der Waals surface area contributed by atoms with Crippen molar-refractivity contribution in [2.75, 3.05) is 0 Å². The monoisotopic (exact) mass is 221 g/mol. The van der Waals surface area contributed by atoms with Crippen molar-refractivity contribution in [1.29, 1.82) is 0 Å². The van der Waals surface area contributed by atoms with Crippen LogP contribution in [0.1, 0.15) is 24.5 Å². The fourth-order valence-corrected chi connectivity index (χ4v) is 1.66. The average molecular weight is 221 g/mol. The normalized spacial score (nSPS) is 14.2. The van der Waals surface area contributed by atoms with Gasteiger partial charge in [0.05, 0.1) is 0 Å². The van der Waals surface area contributed by atoms with E-state index in [2.05, 4.69) is 18.1 Å². The topological polar surface area (TPSA) is 33.1 Å². The van der Waals surface area contributed by atoms with Crippen LogP contribution in [0.2, 0.25) is 0 Å². The van der Waals surface area contributed by atoms with Crippen LogP contribution in [0.15, 0.2) is 37.6 Å². The van der Waals surface area contributed by atoms with Crippen molar-refractivity contribution in [2.45, 2.75) is 25.4 Å². The van der Waals surface area contributed by atoms with Crippen LogP contribution in [-0.2, 0) is 12.0 Å². The molecule has 3 heteroatoms. The molecule has 0 bridgehead atoms. The van der Waals surface area contributed by atoms with E-state index in [0.29, 0.717) is 24.0 Å². The molecule has 0 saturated heterocycles. The molecule has 1 unspecified atom stereocenters. The van der Waals surface area contributed by atoms with Gasteiger partial charge in [0.2, 0.25) is 5.95 Å². The smallest absolute Gasteiger partial charge is 0.216 e. The maximum atomic E-state index is 13.5. The maximum absolute atomic E-state index is 13.5. The number of rotatable bonds is 5. The summed E-state index contributed by atoms with van der Waals surface area (Å²) in [4.78, 5) is 3.58. The summed E-state index contributed by atoms with van der Waals surface area (Å²) in [5.41, 5.74) is -0.318. The first-order valence-corrected chi connectivity index (χ1v) is 5.19. The molecule has 0 radical (unpaired) electrons. The number of hydrogen-bond acceptors (Lipinski definition) is 2. The number of pyridine rings is 1. The van der Waals surface area contributed by atoms with Gasteiger partial charge in [0, 0.05) is 11.8 Å². The Kier molecular flexibility index (Phi) is 3.96. The van der Waals surface area contributed by atoms with E-state index < -0.39 is 11.5 Å². The summed E-state index contributed by atoms with van der Waals surface area (Å²) in [7, 11) is 0. The van der Waals surface area contributed by atoms with Gasteiger partial charge in [-0.25, -0.2) is 4.98 Å². The molecule has 1 rings (SSSR count). The molecule has 0 aromatic carbocycles. The van der Waals surface area contributed by atoms with Gasteiger partial charge in [0.25, 0.3) is 0 Å². The summed E-state index contributed by atoms with van der Waals surface area (Å²) in [6, 6.07) is 1.62. The van der Waals surface area contributed by atoms with E-state index in [1.54, 1.807) is 12.1 Å². The van der Waals surface area contributed by atoms with E-state index >= 15 is 0 Å². The van der Waals surface area contributed by atoms with Crippen molar-refractivity contribution in [3.8, 4) is 0 Å². The highest BCUT2D eigenvalue weighted by Crippen LogP contribution is 2.30. The first kappa shape index (κ1) is 12.6. The predicted octanol–water partition coefficient (Wildman–Crippen LogP) is 2.73. The van der Waals surface area contributed by atoms with Gasteiger partial charge in [-0.15, -0.1) is 6.58 Å². The molecule has 0 spiro atoms. The van der Waals surface area contributed by atoms with Gasteiger partial charge in [-0.1, -0.05) is 25.7 Å². The maximum Gasteiger partial charge on any atom is 0.216 e. The van der Waals surface area contributed by atoms with Crippen LogP contribution >= 0.6 is 0 Å². The molecule has 0 amide bonds. The highest BCUT2D eigenvalue weighted by Gasteiger charge is 2.27. The third kappa shape index (κ3) is 2.19. The molecule has 0 aliphatic rings. The fourth-order valence-electron chi connectivity index (χ4n) is 1.66. The quantitative estimate of drug-likeness (QED) is 0.612. The zero-order valence-corrected chi connectivity index (χ0v) is 9.41. The van der Waals surface area contributed by atoms with Crippen molar-refractivity contribution in [1.82, 2.24) is 4.98 Å². The summed E-state index contributed by atoms with van der Waals surface area (Å²) < 4.78 is 13.5. The molecule has 0 aliphatic carbocycles. The zero-order valence-electron chi connectivity index (χ0n) is 9.41. The Bertz CT molecular complexity index is 403. The Morgan fingerprint density at radius 3 is 2.75 bits per heavy atom. The standard InChI is InChI=1S/C13H16FNO/c1-4-7-10-11(8-9-15-12(10)14)13(16,5-2)6-3/h4-5,8-9,16H,1-2,6-7H2,3H3. The minimum absolute atomic E-state index is 0.338. The molecule has 1 atom stereocenters. The predicted molar refractivity (Wildman–Crippen MR) is 62.5 cm³/mol. The number of allylic oxidation sites excluding steroid dienone is 1. The lowest BCUT2D eigenvalue weighted by Crippen LogP contribution is -2.24. The van der Waals surface area contributed by atoms with Gasteiger partial charge < -0.3 is 5.11 Å². The number of halogens is 1. The number of aromatic nitrogens is 1. The largest absolute Gasteiger partial charge is 0.381 e. The molecular weight excluding hydrogens is 205 g/mol. The Balaban J connectivity index is 3.36. The average Bonchev–Trinajstić information content (AvgIpc) is 2.31.